The highest BCUT2D eigenvalue weighted by Gasteiger charge is 2.25. The zero-order chi connectivity index (χ0) is 24.4. The normalized spacial score (nSPS) is 14.3. The molecule has 0 unspecified atom stereocenters. The number of pyridine rings is 1. The Morgan fingerprint density at radius 1 is 1.00 bits per heavy atom. The SMILES string of the molecule is CCc1c(-c2ccc(OC)c(OC)c2)[nH]c2ccc(C3CCN(C(=O)c4ccncc4)CC3)cc12. The van der Waals surface area contributed by atoms with Crippen molar-refractivity contribution in [2.75, 3.05) is 27.3 Å². The molecule has 5 rings (SSSR count). The first kappa shape index (κ1) is 23.0. The number of carbonyl (C=O) groups excluding carboxylic acids is 1. The average molecular weight is 470 g/mol. The van der Waals surface area contributed by atoms with E-state index in [4.69, 9.17) is 9.47 Å². The molecule has 0 bridgehead atoms. The first-order chi connectivity index (χ1) is 17.1. The molecule has 180 valence electrons. The van der Waals surface area contributed by atoms with Gasteiger partial charge in [0.05, 0.1) is 14.2 Å². The predicted octanol–water partition coefficient (Wildman–Crippen LogP) is 5.83. The Hall–Kier alpha value is -3.80. The fraction of sp³-hybridized carbons (Fsp3) is 0.310. The van der Waals surface area contributed by atoms with Gasteiger partial charge in [0.15, 0.2) is 11.5 Å². The summed E-state index contributed by atoms with van der Waals surface area (Å²) in [4.78, 5) is 22.4. The van der Waals surface area contributed by atoms with Crippen LogP contribution in [0.15, 0.2) is 60.9 Å². The number of nitrogens with one attached hydrogen (secondary N) is 1. The van der Waals surface area contributed by atoms with Crippen LogP contribution in [-0.4, -0.2) is 48.1 Å². The molecule has 1 fully saturated rings. The minimum atomic E-state index is 0.0970. The zero-order valence-corrected chi connectivity index (χ0v) is 20.5. The Kier molecular flexibility index (Phi) is 6.45. The van der Waals surface area contributed by atoms with Crippen LogP contribution in [0.1, 0.15) is 47.2 Å². The van der Waals surface area contributed by atoms with Gasteiger partial charge in [0.2, 0.25) is 0 Å². The smallest absolute Gasteiger partial charge is 0.253 e. The number of amides is 1. The summed E-state index contributed by atoms with van der Waals surface area (Å²) in [5.41, 5.74) is 6.71. The second kappa shape index (κ2) is 9.82. The fourth-order valence-corrected chi connectivity index (χ4v) is 5.22. The van der Waals surface area contributed by atoms with Crippen LogP contribution in [0.4, 0.5) is 0 Å². The van der Waals surface area contributed by atoms with Gasteiger partial charge in [-0.2, -0.15) is 0 Å². The van der Waals surface area contributed by atoms with Crippen LogP contribution in [0, 0.1) is 0 Å². The summed E-state index contributed by atoms with van der Waals surface area (Å²) in [7, 11) is 3.31. The van der Waals surface area contributed by atoms with Gasteiger partial charge in [-0.05, 0) is 78.8 Å². The van der Waals surface area contributed by atoms with E-state index in [0.29, 0.717) is 11.5 Å². The molecule has 1 amide bonds. The molecular formula is C29H31N3O3. The predicted molar refractivity (Wildman–Crippen MR) is 138 cm³/mol. The van der Waals surface area contributed by atoms with Crippen LogP contribution in [-0.2, 0) is 6.42 Å². The van der Waals surface area contributed by atoms with E-state index in [1.54, 1.807) is 38.7 Å². The van der Waals surface area contributed by atoms with E-state index in [-0.39, 0.29) is 5.91 Å². The number of methoxy groups -OCH3 is 2. The van der Waals surface area contributed by atoms with E-state index in [1.165, 1.54) is 16.5 Å². The highest BCUT2D eigenvalue weighted by molar-refractivity contribution is 5.94. The maximum atomic E-state index is 12.8. The number of carbonyl (C=O) groups is 1. The number of fused-ring (bicyclic) bond motifs is 1. The van der Waals surface area contributed by atoms with Crippen LogP contribution in [0.5, 0.6) is 11.5 Å². The van der Waals surface area contributed by atoms with E-state index in [9.17, 15) is 4.79 Å². The molecule has 0 aliphatic carbocycles. The number of nitrogens with zero attached hydrogens (tertiary/aromatic N) is 2. The van der Waals surface area contributed by atoms with Crippen molar-refractivity contribution in [2.24, 2.45) is 0 Å². The second-order valence-electron chi connectivity index (χ2n) is 9.01. The Morgan fingerprint density at radius 2 is 1.74 bits per heavy atom. The molecule has 0 saturated carbocycles. The Bertz CT molecular complexity index is 1340. The monoisotopic (exact) mass is 469 g/mol. The number of likely N-dealkylation sites (tertiary alicyclic amines) is 1. The van der Waals surface area contributed by atoms with E-state index in [2.05, 4.69) is 41.2 Å². The van der Waals surface area contributed by atoms with Crippen molar-refractivity contribution in [3.8, 4) is 22.8 Å². The summed E-state index contributed by atoms with van der Waals surface area (Å²) in [6, 6.07) is 16.4. The summed E-state index contributed by atoms with van der Waals surface area (Å²) in [6.45, 7) is 3.74. The molecule has 1 saturated heterocycles. The third kappa shape index (κ3) is 4.36. The minimum absolute atomic E-state index is 0.0970. The number of aromatic nitrogens is 2. The number of piperidine rings is 1. The number of benzene rings is 2. The van der Waals surface area contributed by atoms with Crippen LogP contribution >= 0.6 is 0 Å². The van der Waals surface area contributed by atoms with Crippen molar-refractivity contribution in [3.63, 3.8) is 0 Å². The fourth-order valence-electron chi connectivity index (χ4n) is 5.22. The van der Waals surface area contributed by atoms with Gasteiger partial charge in [0, 0.05) is 53.2 Å². The van der Waals surface area contributed by atoms with Crippen molar-refractivity contribution in [1.82, 2.24) is 14.9 Å². The van der Waals surface area contributed by atoms with E-state index < -0.39 is 0 Å². The van der Waals surface area contributed by atoms with Gasteiger partial charge < -0.3 is 19.4 Å². The molecule has 3 heterocycles. The molecule has 2 aromatic carbocycles. The molecule has 2 aromatic heterocycles. The van der Waals surface area contributed by atoms with Gasteiger partial charge in [-0.15, -0.1) is 0 Å². The molecule has 6 heteroatoms. The summed E-state index contributed by atoms with van der Waals surface area (Å²) >= 11 is 0. The quantitative estimate of drug-likeness (QED) is 0.386. The molecule has 35 heavy (non-hydrogen) atoms. The van der Waals surface area contributed by atoms with Crippen LogP contribution in [0.25, 0.3) is 22.2 Å². The molecule has 6 nitrogen and oxygen atoms in total. The molecule has 1 N–H and O–H groups in total. The second-order valence-corrected chi connectivity index (χ2v) is 9.01. The molecule has 1 aliphatic heterocycles. The molecule has 0 spiro atoms. The lowest BCUT2D eigenvalue weighted by Gasteiger charge is -2.32. The average Bonchev–Trinajstić information content (AvgIpc) is 3.30. The summed E-state index contributed by atoms with van der Waals surface area (Å²) < 4.78 is 10.9. The highest BCUT2D eigenvalue weighted by Crippen LogP contribution is 2.38. The van der Waals surface area contributed by atoms with Crippen molar-refractivity contribution in [2.45, 2.75) is 32.1 Å². The third-order valence-corrected chi connectivity index (χ3v) is 7.14. The minimum Gasteiger partial charge on any atom is -0.493 e. The zero-order valence-electron chi connectivity index (χ0n) is 20.5. The van der Waals surface area contributed by atoms with E-state index >= 15 is 0 Å². The molecular weight excluding hydrogens is 438 g/mol. The van der Waals surface area contributed by atoms with E-state index in [1.807, 2.05) is 17.0 Å². The van der Waals surface area contributed by atoms with Crippen molar-refractivity contribution >= 4 is 16.8 Å². The number of aromatic amines is 1. The van der Waals surface area contributed by atoms with Crippen LogP contribution in [0.2, 0.25) is 0 Å². The Morgan fingerprint density at radius 3 is 2.43 bits per heavy atom. The number of ether oxygens (including phenoxy) is 2. The molecule has 4 aromatic rings. The maximum absolute atomic E-state index is 12.8. The van der Waals surface area contributed by atoms with Crippen LogP contribution in [0.3, 0.4) is 0 Å². The Labute approximate surface area is 205 Å². The van der Waals surface area contributed by atoms with Gasteiger partial charge in [0.25, 0.3) is 5.91 Å². The number of hydrogen-bond donors (Lipinski definition) is 1. The van der Waals surface area contributed by atoms with E-state index in [0.717, 1.165) is 60.6 Å². The number of rotatable bonds is 6. The lowest BCUT2D eigenvalue weighted by atomic mass is 9.88. The lowest BCUT2D eigenvalue weighted by Crippen LogP contribution is -2.37. The van der Waals surface area contributed by atoms with Gasteiger partial charge in [-0.25, -0.2) is 0 Å². The first-order valence-corrected chi connectivity index (χ1v) is 12.2. The lowest BCUT2D eigenvalue weighted by molar-refractivity contribution is 0.0713. The van der Waals surface area contributed by atoms with Crippen molar-refractivity contribution in [1.29, 1.82) is 0 Å². The maximum Gasteiger partial charge on any atom is 0.253 e. The Balaban J connectivity index is 1.39. The largest absolute Gasteiger partial charge is 0.493 e. The summed E-state index contributed by atoms with van der Waals surface area (Å²) in [5, 5.41) is 1.27. The van der Waals surface area contributed by atoms with Gasteiger partial charge in [-0.3, -0.25) is 9.78 Å². The molecule has 0 radical (unpaired) electrons. The summed E-state index contributed by atoms with van der Waals surface area (Å²) in [6.07, 6.45) is 6.21. The van der Waals surface area contributed by atoms with Crippen molar-refractivity contribution in [3.05, 3.63) is 77.6 Å². The highest BCUT2D eigenvalue weighted by atomic mass is 16.5. The topological polar surface area (TPSA) is 67.5 Å². The van der Waals surface area contributed by atoms with Gasteiger partial charge in [-0.1, -0.05) is 13.0 Å². The standard InChI is InChI=1S/C29H31N3O3/c1-4-23-24-17-21(19-11-15-32(16-12-19)29(33)20-9-13-30-14-10-20)5-7-25(24)31-28(23)22-6-8-26(34-2)27(18-22)35-3/h5-10,13-14,17-19,31H,4,11-12,15-16H2,1-3H3. The van der Waals surface area contributed by atoms with Gasteiger partial charge in [0.1, 0.15) is 0 Å². The molecule has 0 atom stereocenters. The molecule has 1 aliphatic rings. The first-order valence-electron chi connectivity index (χ1n) is 12.2. The van der Waals surface area contributed by atoms with Crippen molar-refractivity contribution < 1.29 is 14.3 Å². The number of hydrogen-bond acceptors (Lipinski definition) is 4. The number of aryl methyl sites for hydroxylation is 1. The van der Waals surface area contributed by atoms with Crippen LogP contribution < -0.4 is 9.47 Å². The van der Waals surface area contributed by atoms with Gasteiger partial charge >= 0.3 is 0 Å². The number of H-pyrrole nitrogens is 1. The summed E-state index contributed by atoms with van der Waals surface area (Å²) in [5.74, 6) is 1.99. The third-order valence-electron chi connectivity index (χ3n) is 7.14.